The number of fused-ring (bicyclic) bond motifs is 2. The van der Waals surface area contributed by atoms with Crippen molar-refractivity contribution in [2.24, 2.45) is 0 Å². The summed E-state index contributed by atoms with van der Waals surface area (Å²) in [6, 6.07) is 18.9. The van der Waals surface area contributed by atoms with E-state index >= 15 is 0 Å². The summed E-state index contributed by atoms with van der Waals surface area (Å²) in [5, 5.41) is 17.8. The van der Waals surface area contributed by atoms with Crippen LogP contribution in [0, 0.1) is 0 Å². The maximum atomic E-state index is 11.5. The Morgan fingerprint density at radius 3 is 1.49 bits per heavy atom. The maximum absolute atomic E-state index is 11.5. The zero-order valence-electron chi connectivity index (χ0n) is 22.5. The molecule has 4 aromatic rings. The second-order valence-corrected chi connectivity index (χ2v) is 13.9. The summed E-state index contributed by atoms with van der Waals surface area (Å²) in [4.78, 5) is 25.7. The summed E-state index contributed by atoms with van der Waals surface area (Å²) in [6.45, 7) is 2.74. The fourth-order valence-corrected chi connectivity index (χ4v) is 5.51. The molecular formula is C25H21ClIN2NaO10S3. The van der Waals surface area contributed by atoms with Crippen LogP contribution < -0.4 is 40.2 Å². The quantitative estimate of drug-likeness (QED) is 0.0513. The fraction of sp³-hybridized carbons (Fsp3) is 0.0800. The molecule has 224 valence electrons. The normalized spacial score (nSPS) is 10.7. The molecule has 0 radical (unpaired) electrons. The number of hydrogen-bond acceptors (Lipinski definition) is 11. The molecule has 4 rings (SSSR count). The molecule has 0 bridgehead atoms. The predicted octanol–water partition coefficient (Wildman–Crippen LogP) is 2.56. The minimum Gasteiger partial charge on any atom is -0.744 e. The van der Waals surface area contributed by atoms with Gasteiger partial charge in [0.15, 0.2) is 0 Å². The smallest absolute Gasteiger partial charge is 0.744 e. The van der Waals surface area contributed by atoms with E-state index in [-0.39, 0.29) is 54.2 Å². The molecule has 0 saturated heterocycles. The van der Waals surface area contributed by atoms with Crippen LogP contribution >= 0.6 is 45.5 Å². The molecule has 18 heteroatoms. The van der Waals surface area contributed by atoms with Crippen LogP contribution in [0.2, 0.25) is 0 Å². The zero-order valence-corrected chi connectivity index (χ0v) is 29.9. The average molecular weight is 791 g/mol. The zero-order chi connectivity index (χ0) is 31.7. The van der Waals surface area contributed by atoms with Crippen LogP contribution in [-0.2, 0) is 38.7 Å². The molecule has 0 atom stereocenters. The van der Waals surface area contributed by atoms with E-state index in [1.807, 2.05) is 0 Å². The van der Waals surface area contributed by atoms with Gasteiger partial charge in [0, 0.05) is 80.0 Å². The first-order valence-electron chi connectivity index (χ1n) is 11.2. The van der Waals surface area contributed by atoms with Crippen molar-refractivity contribution in [1.82, 2.24) is 0 Å². The first-order valence-corrected chi connectivity index (χ1v) is 16.4. The van der Waals surface area contributed by atoms with Crippen molar-refractivity contribution in [2.45, 2.75) is 23.6 Å². The Labute approximate surface area is 292 Å². The minimum atomic E-state index is -4.54. The van der Waals surface area contributed by atoms with Crippen LogP contribution in [0.3, 0.4) is 0 Å². The number of thiocarbonyl (C=S) groups is 1. The van der Waals surface area contributed by atoms with Crippen molar-refractivity contribution in [3.05, 3.63) is 72.8 Å². The van der Waals surface area contributed by atoms with E-state index in [0.29, 0.717) is 32.9 Å². The summed E-state index contributed by atoms with van der Waals surface area (Å²) >= 11 is 5.94. The number of anilines is 2. The van der Waals surface area contributed by atoms with Gasteiger partial charge in [-0.25, -0.2) is 22.1 Å². The van der Waals surface area contributed by atoms with E-state index in [9.17, 15) is 31.0 Å². The van der Waals surface area contributed by atoms with E-state index in [1.165, 1.54) is 38.1 Å². The van der Waals surface area contributed by atoms with Crippen molar-refractivity contribution in [3.8, 4) is 0 Å². The first-order chi connectivity index (χ1) is 19.6. The molecule has 0 saturated carbocycles. The number of benzene rings is 4. The number of carbonyl (C=O) groups excluding carboxylic acids is 2. The van der Waals surface area contributed by atoms with E-state index in [4.69, 9.17) is 15.9 Å². The van der Waals surface area contributed by atoms with Gasteiger partial charge < -0.3 is 15.2 Å². The SMILES string of the molecule is CC(=O)Nc1cccc2c(S(=O)(=O)Cl)cccc12.CC(=O)Nc1cccc2c(S(=O)(=O)[O-])cccc12.OOOC(=S)I.[Na+]. The molecule has 0 aliphatic rings. The van der Waals surface area contributed by atoms with E-state index < -0.39 is 19.2 Å². The third-order valence-electron chi connectivity index (χ3n) is 5.02. The van der Waals surface area contributed by atoms with Gasteiger partial charge in [0.1, 0.15) is 10.1 Å². The number of nitrogens with one attached hydrogen (secondary N) is 2. The molecule has 0 fully saturated rings. The number of halogens is 2. The number of hydrogen-bond donors (Lipinski definition) is 3. The van der Waals surface area contributed by atoms with Gasteiger partial charge in [0.05, 0.1) is 9.79 Å². The first kappa shape index (κ1) is 39.1. The van der Waals surface area contributed by atoms with Gasteiger partial charge in [0.25, 0.3) is 12.1 Å². The van der Waals surface area contributed by atoms with Crippen LogP contribution in [0.1, 0.15) is 13.8 Å². The standard InChI is InChI=1S/C12H10ClNO3S.C12H11NO4S.CHIO3S.Na/c1-8(15)14-11-6-2-5-10-9(11)4-3-7-12(10)18(13,16)17;1-8(14)13-11-6-2-5-10-9(11)4-3-7-12(10)18(15,16)17;2-1(6)4-5-3;/h2-7H,1H3,(H,14,15);2-7H,1H3,(H,13,14)(H,15,16,17);3H;/q;;;+1/p-1. The monoisotopic (exact) mass is 790 g/mol. The third kappa shape index (κ3) is 12.1. The van der Waals surface area contributed by atoms with Crippen LogP contribution in [0.4, 0.5) is 11.4 Å². The molecule has 0 aliphatic carbocycles. The molecular weight excluding hydrogens is 770 g/mol. The largest absolute Gasteiger partial charge is 1.00 e. The van der Waals surface area contributed by atoms with Crippen molar-refractivity contribution in [2.75, 3.05) is 10.6 Å². The summed E-state index contributed by atoms with van der Waals surface area (Å²) in [5.74, 6) is -0.487. The average Bonchev–Trinajstić information content (AvgIpc) is 2.87. The Kier molecular flexibility index (Phi) is 15.9. The summed E-state index contributed by atoms with van der Waals surface area (Å²) in [5.41, 5.74) is 1.03. The third-order valence-corrected chi connectivity index (χ3v) is 7.54. The van der Waals surface area contributed by atoms with Crippen LogP contribution in [0.25, 0.3) is 21.5 Å². The second-order valence-electron chi connectivity index (χ2n) is 7.96. The van der Waals surface area contributed by atoms with Crippen molar-refractivity contribution in [3.63, 3.8) is 0 Å². The van der Waals surface area contributed by atoms with E-state index in [1.54, 1.807) is 71.1 Å². The molecule has 0 spiro atoms. The fourth-order valence-electron chi connectivity index (χ4n) is 3.62. The maximum Gasteiger partial charge on any atom is 1.00 e. The summed E-state index contributed by atoms with van der Waals surface area (Å²) < 4.78 is 56.4. The van der Waals surface area contributed by atoms with Crippen molar-refractivity contribution < 1.29 is 75.7 Å². The molecule has 0 unspecified atom stereocenters. The Morgan fingerprint density at radius 1 is 0.791 bits per heavy atom. The Bertz CT molecular complexity index is 1730. The van der Waals surface area contributed by atoms with Crippen molar-refractivity contribution in [1.29, 1.82) is 0 Å². The van der Waals surface area contributed by atoms with Gasteiger partial charge in [0.2, 0.25) is 11.8 Å². The van der Waals surface area contributed by atoms with Gasteiger partial charge in [-0.15, -0.1) is 0 Å². The molecule has 0 heterocycles. The molecule has 43 heavy (non-hydrogen) atoms. The second kappa shape index (κ2) is 17.5. The Hall–Kier alpha value is -1.97. The number of carbonyl (C=O) groups is 2. The van der Waals surface area contributed by atoms with Gasteiger partial charge in [-0.3, -0.25) is 14.5 Å². The molecule has 3 N–H and O–H groups in total. The van der Waals surface area contributed by atoms with E-state index in [0.717, 1.165) is 0 Å². The van der Waals surface area contributed by atoms with Gasteiger partial charge in [-0.2, -0.15) is 0 Å². The van der Waals surface area contributed by atoms with Crippen LogP contribution in [0.5, 0.6) is 0 Å². The minimum absolute atomic E-state index is 0. The van der Waals surface area contributed by atoms with Crippen LogP contribution in [0.15, 0.2) is 82.6 Å². The Morgan fingerprint density at radius 2 is 1.16 bits per heavy atom. The molecule has 0 aliphatic heterocycles. The number of rotatable bonds is 5. The van der Waals surface area contributed by atoms with Gasteiger partial charge >= 0.3 is 29.6 Å². The van der Waals surface area contributed by atoms with Gasteiger partial charge in [-0.1, -0.05) is 48.5 Å². The van der Waals surface area contributed by atoms with Crippen LogP contribution in [-0.4, -0.2) is 41.5 Å². The van der Waals surface area contributed by atoms with Crippen molar-refractivity contribution >= 4 is 112 Å². The predicted molar refractivity (Wildman–Crippen MR) is 169 cm³/mol. The number of amides is 2. The summed E-state index contributed by atoms with van der Waals surface area (Å²) in [7, 11) is -2.97. The molecule has 2 amide bonds. The van der Waals surface area contributed by atoms with Gasteiger partial charge in [-0.05, 0) is 41.5 Å². The molecule has 4 aromatic carbocycles. The van der Waals surface area contributed by atoms with E-state index in [2.05, 4.69) is 32.8 Å². The molecule has 0 aromatic heterocycles. The topological polar surface area (TPSA) is 188 Å². The summed E-state index contributed by atoms with van der Waals surface area (Å²) in [6.07, 6.45) is 0. The molecule has 12 nitrogen and oxygen atoms in total. The Balaban J connectivity index is 0.000000356.